The number of hydrogen-bond donors (Lipinski definition) is 1. The molecule has 0 aliphatic rings. The summed E-state index contributed by atoms with van der Waals surface area (Å²) in [5.74, 6) is -0.462. The number of hydrogen-bond acceptors (Lipinski definition) is 2. The van der Waals surface area contributed by atoms with E-state index >= 15 is 0 Å². The molecule has 0 aliphatic heterocycles. The number of halogens is 2. The van der Waals surface area contributed by atoms with Crippen molar-refractivity contribution >= 4 is 27.7 Å². The van der Waals surface area contributed by atoms with Gasteiger partial charge in [-0.2, -0.15) is 0 Å². The fourth-order valence-corrected chi connectivity index (χ4v) is 2.16. The quantitative estimate of drug-likeness (QED) is 0.757. The Morgan fingerprint density at radius 3 is 2.64 bits per heavy atom. The first-order valence-corrected chi connectivity index (χ1v) is 4.89. The van der Waals surface area contributed by atoms with Crippen LogP contribution in [0.3, 0.4) is 0 Å². The lowest BCUT2D eigenvalue weighted by molar-refractivity contribution is 0.466. The van der Waals surface area contributed by atoms with Gasteiger partial charge in [-0.05, 0) is 28.3 Å². The van der Waals surface area contributed by atoms with Crippen molar-refractivity contribution in [3.8, 4) is 5.75 Å². The first kappa shape index (κ1) is 8.87. The highest BCUT2D eigenvalue weighted by atomic mass is 79.9. The van der Waals surface area contributed by atoms with E-state index in [-0.39, 0.29) is 5.75 Å². The van der Waals surface area contributed by atoms with Gasteiger partial charge in [-0.3, -0.25) is 0 Å². The molecule has 1 aromatic rings. The van der Waals surface area contributed by atoms with Crippen LogP contribution in [0.2, 0.25) is 0 Å². The highest BCUT2D eigenvalue weighted by Gasteiger charge is 2.06. The van der Waals surface area contributed by atoms with E-state index in [4.69, 9.17) is 5.11 Å². The zero-order valence-electron chi connectivity index (χ0n) is 5.77. The van der Waals surface area contributed by atoms with Crippen LogP contribution in [0.4, 0.5) is 4.39 Å². The number of rotatable bonds is 1. The summed E-state index contributed by atoms with van der Waals surface area (Å²) >= 11 is 4.43. The fourth-order valence-electron chi connectivity index (χ4n) is 0.742. The number of benzene rings is 1. The van der Waals surface area contributed by atoms with Crippen LogP contribution in [0.15, 0.2) is 21.5 Å². The Bertz CT molecular complexity index is 254. The minimum atomic E-state index is -0.399. The van der Waals surface area contributed by atoms with E-state index in [1.54, 1.807) is 6.26 Å². The van der Waals surface area contributed by atoms with Gasteiger partial charge >= 0.3 is 0 Å². The second-order valence-corrected chi connectivity index (χ2v) is 3.61. The van der Waals surface area contributed by atoms with Crippen molar-refractivity contribution in [2.45, 2.75) is 4.90 Å². The van der Waals surface area contributed by atoms with Crippen LogP contribution in [0.5, 0.6) is 5.75 Å². The smallest absolute Gasteiger partial charge is 0.141 e. The molecule has 1 rings (SSSR count). The first-order valence-electron chi connectivity index (χ1n) is 2.87. The molecule has 0 heterocycles. The molecule has 0 amide bonds. The zero-order valence-corrected chi connectivity index (χ0v) is 8.17. The number of phenols is 1. The largest absolute Gasteiger partial charge is 0.508 e. The van der Waals surface area contributed by atoms with Gasteiger partial charge in [-0.15, -0.1) is 11.8 Å². The molecule has 0 aliphatic carbocycles. The molecule has 0 spiro atoms. The molecule has 60 valence electrons. The Labute approximate surface area is 76.7 Å². The molecule has 1 N–H and O–H groups in total. The molecule has 0 saturated heterocycles. The third-order valence-electron chi connectivity index (χ3n) is 1.19. The molecule has 0 bridgehead atoms. The highest BCUT2D eigenvalue weighted by molar-refractivity contribution is 9.10. The molecule has 0 fully saturated rings. The van der Waals surface area contributed by atoms with Crippen molar-refractivity contribution in [1.82, 2.24) is 0 Å². The van der Waals surface area contributed by atoms with Gasteiger partial charge in [-0.1, -0.05) is 0 Å². The first-order chi connectivity index (χ1) is 5.15. The SMILES string of the molecule is CSc1c(F)cc(O)cc1Br. The number of thioether (sulfide) groups is 1. The Morgan fingerprint density at radius 2 is 2.18 bits per heavy atom. The van der Waals surface area contributed by atoms with Crippen molar-refractivity contribution in [2.75, 3.05) is 6.26 Å². The molecular formula is C7H6BrFOS. The number of aromatic hydroxyl groups is 1. The minimum absolute atomic E-state index is 0.0628. The second-order valence-electron chi connectivity index (χ2n) is 1.94. The van der Waals surface area contributed by atoms with E-state index in [1.165, 1.54) is 17.8 Å². The maximum absolute atomic E-state index is 12.9. The standard InChI is InChI=1S/C7H6BrFOS/c1-11-7-5(8)2-4(10)3-6(7)9/h2-3,10H,1H3. The third kappa shape index (κ3) is 1.87. The average Bonchev–Trinajstić information content (AvgIpc) is 1.85. The van der Waals surface area contributed by atoms with Crippen LogP contribution in [0.1, 0.15) is 0 Å². The third-order valence-corrected chi connectivity index (χ3v) is 2.90. The van der Waals surface area contributed by atoms with Gasteiger partial charge in [-0.25, -0.2) is 4.39 Å². The lowest BCUT2D eigenvalue weighted by atomic mass is 10.3. The maximum Gasteiger partial charge on any atom is 0.141 e. The van der Waals surface area contributed by atoms with Gasteiger partial charge in [0, 0.05) is 10.5 Å². The van der Waals surface area contributed by atoms with Crippen molar-refractivity contribution in [3.05, 3.63) is 22.4 Å². The molecule has 0 saturated carbocycles. The molecule has 4 heteroatoms. The van der Waals surface area contributed by atoms with E-state index in [1.807, 2.05) is 0 Å². The van der Waals surface area contributed by atoms with Gasteiger partial charge in [0.05, 0.1) is 4.90 Å². The predicted molar refractivity (Wildman–Crippen MR) is 47.5 cm³/mol. The maximum atomic E-state index is 12.9. The average molecular weight is 237 g/mol. The van der Waals surface area contributed by atoms with E-state index in [0.717, 1.165) is 6.07 Å². The normalized spacial score (nSPS) is 10.1. The van der Waals surface area contributed by atoms with E-state index < -0.39 is 5.82 Å². The summed E-state index contributed by atoms with van der Waals surface area (Å²) in [6.07, 6.45) is 1.78. The Balaban J connectivity index is 3.25. The molecule has 0 unspecified atom stereocenters. The van der Waals surface area contributed by atoms with Crippen LogP contribution in [0.25, 0.3) is 0 Å². The summed E-state index contributed by atoms with van der Waals surface area (Å²) in [5.41, 5.74) is 0. The summed E-state index contributed by atoms with van der Waals surface area (Å²) in [6, 6.07) is 2.56. The molecule has 0 aromatic heterocycles. The Kier molecular flexibility index (Phi) is 2.78. The molecule has 1 nitrogen and oxygen atoms in total. The lowest BCUT2D eigenvalue weighted by Gasteiger charge is -2.02. The topological polar surface area (TPSA) is 20.2 Å². The highest BCUT2D eigenvalue weighted by Crippen LogP contribution is 2.31. The summed E-state index contributed by atoms with van der Waals surface area (Å²) in [4.78, 5) is 0.516. The summed E-state index contributed by atoms with van der Waals surface area (Å²) in [5, 5.41) is 8.93. The van der Waals surface area contributed by atoms with Crippen LogP contribution < -0.4 is 0 Å². The minimum Gasteiger partial charge on any atom is -0.508 e. The summed E-state index contributed by atoms with van der Waals surface area (Å²) in [6.45, 7) is 0. The fraction of sp³-hybridized carbons (Fsp3) is 0.143. The Morgan fingerprint density at radius 1 is 1.55 bits per heavy atom. The van der Waals surface area contributed by atoms with Gasteiger partial charge in [0.2, 0.25) is 0 Å². The molecule has 0 radical (unpaired) electrons. The van der Waals surface area contributed by atoms with Crippen molar-refractivity contribution in [2.24, 2.45) is 0 Å². The predicted octanol–water partition coefficient (Wildman–Crippen LogP) is 3.02. The van der Waals surface area contributed by atoms with Gasteiger partial charge in [0.25, 0.3) is 0 Å². The van der Waals surface area contributed by atoms with Gasteiger partial charge in [0.15, 0.2) is 0 Å². The molecule has 1 aromatic carbocycles. The van der Waals surface area contributed by atoms with Crippen molar-refractivity contribution in [1.29, 1.82) is 0 Å². The van der Waals surface area contributed by atoms with E-state index in [0.29, 0.717) is 9.37 Å². The zero-order chi connectivity index (χ0) is 8.43. The van der Waals surface area contributed by atoms with Crippen LogP contribution in [-0.2, 0) is 0 Å². The summed E-state index contributed by atoms with van der Waals surface area (Å²) < 4.78 is 13.5. The van der Waals surface area contributed by atoms with Gasteiger partial charge in [0.1, 0.15) is 11.6 Å². The van der Waals surface area contributed by atoms with Crippen LogP contribution in [0, 0.1) is 5.82 Å². The number of phenolic OH excluding ortho intramolecular Hbond substituents is 1. The molecular weight excluding hydrogens is 231 g/mol. The van der Waals surface area contributed by atoms with Crippen molar-refractivity contribution < 1.29 is 9.50 Å². The molecule has 0 atom stereocenters. The van der Waals surface area contributed by atoms with Crippen LogP contribution >= 0.6 is 27.7 Å². The monoisotopic (exact) mass is 236 g/mol. The molecule has 11 heavy (non-hydrogen) atoms. The summed E-state index contributed by atoms with van der Waals surface area (Å²) in [7, 11) is 0. The Hall–Kier alpha value is -0.220. The second kappa shape index (κ2) is 3.45. The van der Waals surface area contributed by atoms with Crippen LogP contribution in [-0.4, -0.2) is 11.4 Å². The lowest BCUT2D eigenvalue weighted by Crippen LogP contribution is -1.81. The van der Waals surface area contributed by atoms with Crippen molar-refractivity contribution in [3.63, 3.8) is 0 Å². The van der Waals surface area contributed by atoms with Gasteiger partial charge < -0.3 is 5.11 Å². The van der Waals surface area contributed by atoms with E-state index in [9.17, 15) is 4.39 Å². The van der Waals surface area contributed by atoms with E-state index in [2.05, 4.69) is 15.9 Å².